The Kier molecular flexibility index (Phi) is 6.60. The Labute approximate surface area is 177 Å². The number of alkyl halides is 3. The number of hydrogen-bond donors (Lipinski definition) is 1. The lowest BCUT2D eigenvalue weighted by molar-refractivity contribution is -0.137. The molecule has 3 rings (SSSR count). The highest BCUT2D eigenvalue weighted by Crippen LogP contribution is 2.31. The van der Waals surface area contributed by atoms with Gasteiger partial charge in [0.2, 0.25) is 0 Å². The maximum atomic E-state index is 12.6. The Morgan fingerprint density at radius 3 is 2.06 bits per heavy atom. The van der Waals surface area contributed by atoms with E-state index in [0.717, 1.165) is 17.8 Å². The summed E-state index contributed by atoms with van der Waals surface area (Å²) in [6, 6.07) is 14.4. The quantitative estimate of drug-likeness (QED) is 0.509. The van der Waals surface area contributed by atoms with Crippen molar-refractivity contribution in [3.8, 4) is 11.5 Å². The molecule has 8 heteroatoms. The lowest BCUT2D eigenvalue weighted by Crippen LogP contribution is -2.15. The number of pyridine rings is 1. The number of nitrogens with one attached hydrogen (secondary N) is 1. The highest BCUT2D eigenvalue weighted by Gasteiger charge is 2.30. The maximum absolute atomic E-state index is 12.6. The molecule has 0 saturated heterocycles. The van der Waals surface area contributed by atoms with E-state index in [-0.39, 0.29) is 17.8 Å². The largest absolute Gasteiger partial charge is 0.457 e. The molecular formula is C23H21F3N2O3. The number of nitrogens with zero attached hydrogens (tertiary/aromatic N) is 1. The molecule has 2 aromatic carbocycles. The van der Waals surface area contributed by atoms with Gasteiger partial charge in [-0.15, -0.1) is 0 Å². The van der Waals surface area contributed by atoms with Gasteiger partial charge in [-0.05, 0) is 74.5 Å². The molecule has 1 amide bonds. The van der Waals surface area contributed by atoms with Crippen molar-refractivity contribution in [2.75, 3.05) is 12.4 Å². The molecule has 1 heterocycles. The van der Waals surface area contributed by atoms with E-state index in [1.54, 1.807) is 50.4 Å². The van der Waals surface area contributed by atoms with E-state index in [1.165, 1.54) is 12.1 Å². The summed E-state index contributed by atoms with van der Waals surface area (Å²) >= 11 is 0. The number of ether oxygens (including phenoxy) is 2. The second-order valence-electron chi connectivity index (χ2n) is 6.85. The van der Waals surface area contributed by atoms with Crippen LogP contribution in [0.4, 0.5) is 18.9 Å². The molecule has 1 aromatic heterocycles. The molecule has 0 radical (unpaired) electrons. The summed E-state index contributed by atoms with van der Waals surface area (Å²) in [7, 11) is 1.59. The SMILES string of the molecule is COC(C)c1ccc(C(=O)Nc2ccc(Oc3ccc(C(F)(F)F)cc3)cc2)c(C)n1. The van der Waals surface area contributed by atoms with Crippen molar-refractivity contribution in [3.63, 3.8) is 0 Å². The highest BCUT2D eigenvalue weighted by atomic mass is 19.4. The van der Waals surface area contributed by atoms with Crippen LogP contribution in [0.1, 0.15) is 40.3 Å². The molecule has 5 nitrogen and oxygen atoms in total. The van der Waals surface area contributed by atoms with E-state index in [9.17, 15) is 18.0 Å². The number of carbonyl (C=O) groups excluding carboxylic acids is 1. The van der Waals surface area contributed by atoms with Crippen LogP contribution in [0.5, 0.6) is 11.5 Å². The molecule has 162 valence electrons. The van der Waals surface area contributed by atoms with Crippen molar-refractivity contribution >= 4 is 11.6 Å². The van der Waals surface area contributed by atoms with E-state index in [2.05, 4.69) is 10.3 Å². The fourth-order valence-corrected chi connectivity index (χ4v) is 2.82. The second kappa shape index (κ2) is 9.18. The zero-order valence-corrected chi connectivity index (χ0v) is 17.2. The van der Waals surface area contributed by atoms with Crippen LogP contribution in [0, 0.1) is 6.92 Å². The van der Waals surface area contributed by atoms with Crippen LogP contribution in [0.3, 0.4) is 0 Å². The number of amides is 1. The standard InChI is InChI=1S/C23H21F3N2O3/c1-14-20(12-13-21(27-14)15(2)30-3)22(29)28-17-6-10-19(11-7-17)31-18-8-4-16(5-9-18)23(24,25)26/h4-13,15H,1-3H3,(H,28,29). The first-order valence-corrected chi connectivity index (χ1v) is 9.44. The number of aryl methyl sites for hydroxylation is 1. The third-order valence-corrected chi connectivity index (χ3v) is 4.65. The number of methoxy groups -OCH3 is 1. The topological polar surface area (TPSA) is 60.5 Å². The maximum Gasteiger partial charge on any atom is 0.416 e. The Hall–Kier alpha value is -3.39. The van der Waals surface area contributed by atoms with Crippen molar-refractivity contribution < 1.29 is 27.4 Å². The summed E-state index contributed by atoms with van der Waals surface area (Å²) in [4.78, 5) is 17.0. The van der Waals surface area contributed by atoms with Crippen molar-refractivity contribution in [2.45, 2.75) is 26.1 Å². The van der Waals surface area contributed by atoms with Gasteiger partial charge in [-0.25, -0.2) is 0 Å². The average Bonchev–Trinajstić information content (AvgIpc) is 2.74. The Morgan fingerprint density at radius 2 is 1.55 bits per heavy atom. The molecular weight excluding hydrogens is 409 g/mol. The third kappa shape index (κ3) is 5.61. The van der Waals surface area contributed by atoms with E-state index >= 15 is 0 Å². The number of halogens is 3. The number of rotatable bonds is 6. The van der Waals surface area contributed by atoms with Crippen molar-refractivity contribution in [1.82, 2.24) is 4.98 Å². The van der Waals surface area contributed by atoms with E-state index < -0.39 is 11.7 Å². The van der Waals surface area contributed by atoms with Crippen LogP contribution >= 0.6 is 0 Å². The molecule has 0 fully saturated rings. The summed E-state index contributed by atoms with van der Waals surface area (Å²) in [5.74, 6) is 0.392. The predicted octanol–water partition coefficient (Wildman–Crippen LogP) is 6.16. The summed E-state index contributed by atoms with van der Waals surface area (Å²) in [6.07, 6.45) is -4.57. The van der Waals surface area contributed by atoms with Crippen molar-refractivity contribution in [2.24, 2.45) is 0 Å². The minimum absolute atomic E-state index is 0.173. The van der Waals surface area contributed by atoms with Gasteiger partial charge in [0.1, 0.15) is 11.5 Å². The van der Waals surface area contributed by atoms with Gasteiger partial charge in [0.25, 0.3) is 5.91 Å². The Morgan fingerprint density at radius 1 is 0.968 bits per heavy atom. The molecule has 0 saturated carbocycles. The molecule has 0 spiro atoms. The molecule has 1 unspecified atom stereocenters. The fourth-order valence-electron chi connectivity index (χ4n) is 2.82. The normalized spacial score (nSPS) is 12.3. The summed E-state index contributed by atoms with van der Waals surface area (Å²) in [5, 5.41) is 2.79. The first-order valence-electron chi connectivity index (χ1n) is 9.44. The number of aromatic nitrogens is 1. The number of benzene rings is 2. The van der Waals surface area contributed by atoms with Gasteiger partial charge >= 0.3 is 6.18 Å². The Bertz CT molecular complexity index is 1050. The lowest BCUT2D eigenvalue weighted by Gasteiger charge is -2.12. The van der Waals surface area contributed by atoms with Crippen molar-refractivity contribution in [3.05, 3.63) is 83.2 Å². The number of anilines is 1. The average molecular weight is 430 g/mol. The third-order valence-electron chi connectivity index (χ3n) is 4.65. The van der Waals surface area contributed by atoms with E-state index in [1.807, 2.05) is 6.92 Å². The van der Waals surface area contributed by atoms with Crippen molar-refractivity contribution in [1.29, 1.82) is 0 Å². The molecule has 0 bridgehead atoms. The van der Waals surface area contributed by atoms with Crippen LogP contribution in [-0.4, -0.2) is 18.0 Å². The van der Waals surface area contributed by atoms with Crippen LogP contribution < -0.4 is 10.1 Å². The van der Waals surface area contributed by atoms with Gasteiger partial charge in [0.05, 0.1) is 28.6 Å². The Balaban J connectivity index is 1.64. The highest BCUT2D eigenvalue weighted by molar-refractivity contribution is 6.05. The monoisotopic (exact) mass is 430 g/mol. The minimum Gasteiger partial charge on any atom is -0.457 e. The van der Waals surface area contributed by atoms with Crippen LogP contribution in [-0.2, 0) is 10.9 Å². The predicted molar refractivity (Wildman–Crippen MR) is 110 cm³/mol. The molecule has 0 aliphatic rings. The van der Waals surface area contributed by atoms with Crippen LogP contribution in [0.25, 0.3) is 0 Å². The van der Waals surface area contributed by atoms with Gasteiger partial charge in [0, 0.05) is 12.8 Å². The first-order chi connectivity index (χ1) is 14.7. The zero-order valence-electron chi connectivity index (χ0n) is 17.2. The molecule has 31 heavy (non-hydrogen) atoms. The fraction of sp³-hybridized carbons (Fsp3) is 0.217. The van der Waals surface area contributed by atoms with Gasteiger partial charge in [0.15, 0.2) is 0 Å². The number of hydrogen-bond acceptors (Lipinski definition) is 4. The lowest BCUT2D eigenvalue weighted by atomic mass is 10.1. The summed E-state index contributed by atoms with van der Waals surface area (Å²) in [5.41, 5.74) is 1.56. The summed E-state index contributed by atoms with van der Waals surface area (Å²) in [6.45, 7) is 3.62. The minimum atomic E-state index is -4.39. The molecule has 1 N–H and O–H groups in total. The summed E-state index contributed by atoms with van der Waals surface area (Å²) < 4.78 is 48.7. The first kappa shape index (κ1) is 22.3. The molecule has 0 aliphatic carbocycles. The van der Waals surface area contributed by atoms with Gasteiger partial charge in [-0.1, -0.05) is 0 Å². The van der Waals surface area contributed by atoms with E-state index in [0.29, 0.717) is 22.7 Å². The van der Waals surface area contributed by atoms with Gasteiger partial charge in [-0.3, -0.25) is 9.78 Å². The molecule has 3 aromatic rings. The molecule has 1 atom stereocenters. The smallest absolute Gasteiger partial charge is 0.416 e. The van der Waals surface area contributed by atoms with E-state index in [4.69, 9.17) is 9.47 Å². The van der Waals surface area contributed by atoms with Gasteiger partial charge < -0.3 is 14.8 Å². The molecule has 0 aliphatic heterocycles. The second-order valence-corrected chi connectivity index (χ2v) is 6.85. The number of carbonyl (C=O) groups is 1. The van der Waals surface area contributed by atoms with Gasteiger partial charge in [-0.2, -0.15) is 13.2 Å². The zero-order chi connectivity index (χ0) is 22.6. The van der Waals surface area contributed by atoms with Crippen LogP contribution in [0.15, 0.2) is 60.7 Å². The van der Waals surface area contributed by atoms with Crippen LogP contribution in [0.2, 0.25) is 0 Å².